The zero-order valence-corrected chi connectivity index (χ0v) is 13.7. The quantitative estimate of drug-likeness (QED) is 0.808. The molecule has 0 spiro atoms. The molecule has 1 amide bonds. The highest BCUT2D eigenvalue weighted by Gasteiger charge is 2.21. The third-order valence-electron chi connectivity index (χ3n) is 3.41. The highest BCUT2D eigenvalue weighted by atomic mass is 32.1. The van der Waals surface area contributed by atoms with Crippen LogP contribution in [0.25, 0.3) is 0 Å². The first kappa shape index (κ1) is 16.7. The number of anilines is 1. The van der Waals surface area contributed by atoms with Crippen LogP contribution in [-0.2, 0) is 13.5 Å². The first-order valence-corrected chi connectivity index (χ1v) is 8.08. The van der Waals surface area contributed by atoms with E-state index in [9.17, 15) is 13.6 Å². The van der Waals surface area contributed by atoms with Gasteiger partial charge in [-0.1, -0.05) is 13.8 Å². The number of carbonyl (C=O) groups is 1. The first-order valence-electron chi connectivity index (χ1n) is 7.20. The molecule has 6 heteroatoms. The van der Waals surface area contributed by atoms with Gasteiger partial charge >= 0.3 is 0 Å². The largest absolute Gasteiger partial charge is 0.356 e. The van der Waals surface area contributed by atoms with Crippen LogP contribution < -0.4 is 5.32 Å². The Balaban J connectivity index is 2.14. The molecule has 120 valence electrons. The predicted molar refractivity (Wildman–Crippen MR) is 85.8 cm³/mol. The van der Waals surface area contributed by atoms with Crippen LogP contribution in [0.3, 0.4) is 0 Å². The molecular formula is C16H20F2N2OS. The molecular weight excluding hydrogens is 306 g/mol. The molecule has 0 bridgehead atoms. The molecule has 2 aromatic rings. The summed E-state index contributed by atoms with van der Waals surface area (Å²) in [6.45, 7) is 4.29. The van der Waals surface area contributed by atoms with E-state index in [0.717, 1.165) is 23.4 Å². The Morgan fingerprint density at radius 1 is 1.36 bits per heavy atom. The van der Waals surface area contributed by atoms with E-state index in [1.54, 1.807) is 18.4 Å². The number of halogens is 2. The number of thiophene rings is 1. The average Bonchev–Trinajstić information content (AvgIpc) is 3.02. The minimum atomic E-state index is -2.66. The normalized spacial score (nSPS) is 11.4. The summed E-state index contributed by atoms with van der Waals surface area (Å²) in [5.74, 6) is 0.0882. The van der Waals surface area contributed by atoms with Gasteiger partial charge in [0, 0.05) is 29.9 Å². The molecule has 1 N–H and O–H groups in total. The van der Waals surface area contributed by atoms with Gasteiger partial charge in [0.2, 0.25) is 0 Å². The molecule has 22 heavy (non-hydrogen) atoms. The van der Waals surface area contributed by atoms with Gasteiger partial charge in [0.25, 0.3) is 12.3 Å². The molecule has 0 aromatic carbocycles. The number of nitrogens with zero attached hydrogens (tertiary/aromatic N) is 1. The molecule has 0 aliphatic rings. The van der Waals surface area contributed by atoms with Crippen molar-refractivity contribution >= 4 is 22.9 Å². The minimum absolute atomic E-state index is 0.0264. The highest BCUT2D eigenvalue weighted by molar-refractivity contribution is 7.10. The molecule has 0 unspecified atom stereocenters. The molecule has 0 fully saturated rings. The van der Waals surface area contributed by atoms with E-state index in [1.807, 2.05) is 11.4 Å². The molecule has 0 atom stereocenters. The second-order valence-corrected chi connectivity index (χ2v) is 6.74. The number of amides is 1. The van der Waals surface area contributed by atoms with Gasteiger partial charge in [-0.3, -0.25) is 4.79 Å². The van der Waals surface area contributed by atoms with Gasteiger partial charge in [0.15, 0.2) is 0 Å². The summed E-state index contributed by atoms with van der Waals surface area (Å²) in [4.78, 5) is 13.4. The van der Waals surface area contributed by atoms with Gasteiger partial charge < -0.3 is 9.88 Å². The average molecular weight is 326 g/mol. The van der Waals surface area contributed by atoms with Gasteiger partial charge in [0.05, 0.1) is 11.3 Å². The summed E-state index contributed by atoms with van der Waals surface area (Å²) < 4.78 is 27.4. The number of carbonyl (C=O) groups excluding carboxylic acids is 1. The van der Waals surface area contributed by atoms with E-state index in [-0.39, 0.29) is 11.1 Å². The van der Waals surface area contributed by atoms with Crippen molar-refractivity contribution in [1.29, 1.82) is 0 Å². The fraction of sp³-hybridized carbons (Fsp3) is 0.438. The van der Waals surface area contributed by atoms with Gasteiger partial charge in [-0.15, -0.1) is 11.3 Å². The van der Waals surface area contributed by atoms with E-state index in [2.05, 4.69) is 19.2 Å². The number of rotatable bonds is 6. The summed E-state index contributed by atoms with van der Waals surface area (Å²) in [7, 11) is 1.63. The topological polar surface area (TPSA) is 34.0 Å². The molecule has 2 aromatic heterocycles. The van der Waals surface area contributed by atoms with Crippen LogP contribution in [0.15, 0.2) is 23.8 Å². The molecule has 0 saturated carbocycles. The number of hydrogen-bond acceptors (Lipinski definition) is 2. The van der Waals surface area contributed by atoms with Crippen molar-refractivity contribution in [2.45, 2.75) is 33.1 Å². The lowest BCUT2D eigenvalue weighted by Crippen LogP contribution is -2.13. The van der Waals surface area contributed by atoms with E-state index in [4.69, 9.17) is 0 Å². The van der Waals surface area contributed by atoms with Crippen molar-refractivity contribution in [2.75, 3.05) is 5.32 Å². The molecule has 2 heterocycles. The third-order valence-corrected chi connectivity index (χ3v) is 4.39. The second kappa shape index (κ2) is 7.05. The Labute approximate surface area is 133 Å². The first-order chi connectivity index (χ1) is 10.4. The van der Waals surface area contributed by atoms with Crippen LogP contribution in [0.4, 0.5) is 14.5 Å². The molecule has 0 saturated heterocycles. The standard InChI is InChI=1S/C16H20F2N2OS/c1-10(2)4-5-14-13(6-7-22-14)19-16(21)12-9-20(3)8-11(12)15(17)18/h6-10,15H,4-5H2,1-3H3,(H,19,21). The predicted octanol–water partition coefficient (Wildman–Crippen LogP) is 4.87. The van der Waals surface area contributed by atoms with Crippen molar-refractivity contribution in [3.63, 3.8) is 0 Å². The van der Waals surface area contributed by atoms with E-state index in [1.165, 1.54) is 17.0 Å². The second-order valence-electron chi connectivity index (χ2n) is 5.74. The van der Waals surface area contributed by atoms with Crippen molar-refractivity contribution in [3.05, 3.63) is 39.8 Å². The fourth-order valence-electron chi connectivity index (χ4n) is 2.22. The number of hydrogen-bond donors (Lipinski definition) is 1. The molecule has 0 aliphatic heterocycles. The number of aromatic nitrogens is 1. The van der Waals surface area contributed by atoms with Crippen molar-refractivity contribution < 1.29 is 13.6 Å². The Morgan fingerprint density at radius 3 is 2.73 bits per heavy atom. The van der Waals surface area contributed by atoms with Crippen LogP contribution >= 0.6 is 11.3 Å². The lowest BCUT2D eigenvalue weighted by atomic mass is 10.1. The lowest BCUT2D eigenvalue weighted by Gasteiger charge is -2.08. The van der Waals surface area contributed by atoms with Crippen LogP contribution in [0, 0.1) is 5.92 Å². The molecule has 2 rings (SSSR count). The highest BCUT2D eigenvalue weighted by Crippen LogP contribution is 2.28. The van der Waals surface area contributed by atoms with E-state index < -0.39 is 12.3 Å². The summed E-state index contributed by atoms with van der Waals surface area (Å²) in [6, 6.07) is 1.82. The Bertz CT molecular complexity index is 646. The molecule has 0 aliphatic carbocycles. The van der Waals surface area contributed by atoms with Crippen molar-refractivity contribution in [3.8, 4) is 0 Å². The molecule has 3 nitrogen and oxygen atoms in total. The maximum atomic E-state index is 13.0. The van der Waals surface area contributed by atoms with Crippen LogP contribution in [0.2, 0.25) is 0 Å². The minimum Gasteiger partial charge on any atom is -0.356 e. The summed E-state index contributed by atoms with van der Waals surface area (Å²) >= 11 is 1.58. The summed E-state index contributed by atoms with van der Waals surface area (Å²) in [5.41, 5.74) is 0.511. The van der Waals surface area contributed by atoms with Gasteiger partial charge in [-0.2, -0.15) is 0 Å². The van der Waals surface area contributed by atoms with Crippen molar-refractivity contribution in [1.82, 2.24) is 4.57 Å². The maximum Gasteiger partial charge on any atom is 0.266 e. The Kier molecular flexibility index (Phi) is 5.34. The van der Waals surface area contributed by atoms with Crippen LogP contribution in [0.1, 0.15) is 47.5 Å². The van der Waals surface area contributed by atoms with E-state index in [0.29, 0.717) is 5.92 Å². The van der Waals surface area contributed by atoms with E-state index >= 15 is 0 Å². The van der Waals surface area contributed by atoms with Crippen LogP contribution in [0.5, 0.6) is 0 Å². The van der Waals surface area contributed by atoms with Gasteiger partial charge in [-0.05, 0) is 30.2 Å². The van der Waals surface area contributed by atoms with Gasteiger partial charge in [0.1, 0.15) is 0 Å². The Hall–Kier alpha value is -1.69. The summed E-state index contributed by atoms with van der Waals surface area (Å²) in [5, 5.41) is 4.67. The third kappa shape index (κ3) is 3.94. The number of nitrogens with one attached hydrogen (secondary N) is 1. The smallest absolute Gasteiger partial charge is 0.266 e. The number of alkyl halides is 2. The lowest BCUT2D eigenvalue weighted by molar-refractivity contribution is 0.101. The van der Waals surface area contributed by atoms with Crippen LogP contribution in [-0.4, -0.2) is 10.5 Å². The number of aryl methyl sites for hydroxylation is 2. The van der Waals surface area contributed by atoms with Gasteiger partial charge in [-0.25, -0.2) is 8.78 Å². The SMILES string of the molecule is CC(C)CCc1sccc1NC(=O)c1cn(C)cc1C(F)F. The maximum absolute atomic E-state index is 13.0. The zero-order chi connectivity index (χ0) is 16.3. The summed E-state index contributed by atoms with van der Waals surface area (Å²) in [6.07, 6.45) is 1.95. The molecule has 0 radical (unpaired) electrons. The van der Waals surface area contributed by atoms with Crippen molar-refractivity contribution in [2.24, 2.45) is 13.0 Å². The monoisotopic (exact) mass is 326 g/mol. The fourth-order valence-corrected chi connectivity index (χ4v) is 3.07. The zero-order valence-electron chi connectivity index (χ0n) is 12.9. The Morgan fingerprint density at radius 2 is 2.09 bits per heavy atom.